The molecule has 5 nitrogen and oxygen atoms in total. The van der Waals surface area contributed by atoms with E-state index in [2.05, 4.69) is 24.1 Å². The molecule has 2 heterocycles. The number of rotatable bonds is 6. The number of nitrogens with one attached hydrogen (secondary N) is 1. The summed E-state index contributed by atoms with van der Waals surface area (Å²) in [5, 5.41) is 4.21. The first kappa shape index (κ1) is 19.8. The zero-order chi connectivity index (χ0) is 19.4. The summed E-state index contributed by atoms with van der Waals surface area (Å²) in [4.78, 5) is 32.0. The lowest BCUT2D eigenvalue weighted by atomic mass is 10.1. The molecular formula is C20H24ClN3O2S. The lowest BCUT2D eigenvalue weighted by Gasteiger charge is -2.26. The van der Waals surface area contributed by atoms with Crippen LogP contribution in [-0.2, 0) is 29.0 Å². The molecule has 0 unspecified atom stereocenters. The number of carbonyl (C=O) groups is 2. The summed E-state index contributed by atoms with van der Waals surface area (Å²) in [5.41, 5.74) is 2.08. The van der Waals surface area contributed by atoms with Gasteiger partial charge < -0.3 is 10.2 Å². The first-order valence-electron chi connectivity index (χ1n) is 9.21. The molecule has 0 atom stereocenters. The van der Waals surface area contributed by atoms with E-state index in [-0.39, 0.29) is 11.8 Å². The number of halogens is 1. The van der Waals surface area contributed by atoms with E-state index in [9.17, 15) is 9.59 Å². The Labute approximate surface area is 168 Å². The Balaban J connectivity index is 1.53. The second-order valence-corrected chi connectivity index (χ2v) is 8.75. The highest BCUT2D eigenvalue weighted by atomic mass is 35.5. The smallest absolute Gasteiger partial charge is 0.226 e. The van der Waals surface area contributed by atoms with Crippen LogP contribution in [0.4, 0.5) is 5.13 Å². The van der Waals surface area contributed by atoms with Crippen molar-refractivity contribution in [2.24, 2.45) is 5.92 Å². The van der Waals surface area contributed by atoms with Crippen LogP contribution in [0.2, 0.25) is 5.02 Å². The number of benzene rings is 1. The van der Waals surface area contributed by atoms with Crippen molar-refractivity contribution >= 4 is 39.9 Å². The molecule has 0 bridgehead atoms. The maximum absolute atomic E-state index is 12.3. The van der Waals surface area contributed by atoms with E-state index in [1.807, 2.05) is 29.2 Å². The van der Waals surface area contributed by atoms with Crippen molar-refractivity contribution in [3.8, 4) is 0 Å². The van der Waals surface area contributed by atoms with Crippen LogP contribution in [0.25, 0.3) is 0 Å². The molecule has 27 heavy (non-hydrogen) atoms. The third kappa shape index (κ3) is 5.53. The monoisotopic (exact) mass is 405 g/mol. The highest BCUT2D eigenvalue weighted by Crippen LogP contribution is 2.29. The van der Waals surface area contributed by atoms with Gasteiger partial charge in [-0.25, -0.2) is 4.98 Å². The molecule has 1 N–H and O–H groups in total. The van der Waals surface area contributed by atoms with Crippen LogP contribution in [-0.4, -0.2) is 28.2 Å². The second kappa shape index (κ2) is 8.85. The summed E-state index contributed by atoms with van der Waals surface area (Å²) in [6, 6.07) is 7.52. The molecule has 1 aromatic heterocycles. The van der Waals surface area contributed by atoms with Gasteiger partial charge in [0.25, 0.3) is 0 Å². The van der Waals surface area contributed by atoms with Gasteiger partial charge in [0.2, 0.25) is 11.8 Å². The number of amides is 2. The van der Waals surface area contributed by atoms with E-state index in [0.717, 1.165) is 22.6 Å². The number of fused-ring (bicyclic) bond motifs is 1. The van der Waals surface area contributed by atoms with Crippen molar-refractivity contribution in [1.29, 1.82) is 0 Å². The largest absolute Gasteiger partial charge is 0.337 e. The number of carbonyl (C=O) groups excluding carboxylic acids is 2. The first-order valence-corrected chi connectivity index (χ1v) is 10.4. The van der Waals surface area contributed by atoms with Gasteiger partial charge in [-0.15, -0.1) is 0 Å². The molecule has 1 aliphatic rings. The van der Waals surface area contributed by atoms with E-state index in [1.165, 1.54) is 11.3 Å². The van der Waals surface area contributed by atoms with E-state index in [0.29, 0.717) is 48.4 Å². The number of aryl methyl sites for hydroxylation is 1. The normalized spacial score (nSPS) is 13.6. The van der Waals surface area contributed by atoms with Crippen molar-refractivity contribution in [2.45, 2.75) is 46.1 Å². The lowest BCUT2D eigenvalue weighted by Crippen LogP contribution is -2.36. The Morgan fingerprint density at radius 2 is 2.04 bits per heavy atom. The summed E-state index contributed by atoms with van der Waals surface area (Å²) in [6.07, 6.45) is 2.37. The molecule has 1 aliphatic heterocycles. The summed E-state index contributed by atoms with van der Waals surface area (Å²) < 4.78 is 0. The molecule has 0 saturated heterocycles. The van der Waals surface area contributed by atoms with Crippen LogP contribution in [0.3, 0.4) is 0 Å². The van der Waals surface area contributed by atoms with Gasteiger partial charge in [0.15, 0.2) is 5.13 Å². The van der Waals surface area contributed by atoms with E-state index in [1.54, 1.807) is 0 Å². The number of anilines is 1. The van der Waals surface area contributed by atoms with Crippen LogP contribution in [0.5, 0.6) is 0 Å². The van der Waals surface area contributed by atoms with E-state index >= 15 is 0 Å². The Bertz CT molecular complexity index is 817. The Morgan fingerprint density at radius 1 is 1.30 bits per heavy atom. The molecular weight excluding hydrogens is 382 g/mol. The molecule has 0 aliphatic carbocycles. The van der Waals surface area contributed by atoms with Crippen molar-refractivity contribution in [1.82, 2.24) is 9.88 Å². The van der Waals surface area contributed by atoms with Gasteiger partial charge in [0, 0.05) is 35.7 Å². The van der Waals surface area contributed by atoms with Crippen molar-refractivity contribution in [3.05, 3.63) is 45.4 Å². The topological polar surface area (TPSA) is 62.3 Å². The zero-order valence-electron chi connectivity index (χ0n) is 15.6. The molecule has 0 saturated carbocycles. The van der Waals surface area contributed by atoms with Gasteiger partial charge >= 0.3 is 0 Å². The average Bonchev–Trinajstić information content (AvgIpc) is 3.01. The summed E-state index contributed by atoms with van der Waals surface area (Å²) >= 11 is 7.35. The number of nitrogens with zero attached hydrogens (tertiary/aromatic N) is 2. The van der Waals surface area contributed by atoms with Gasteiger partial charge in [-0.3, -0.25) is 9.59 Å². The van der Waals surface area contributed by atoms with Crippen molar-refractivity contribution in [3.63, 3.8) is 0 Å². The Morgan fingerprint density at radius 3 is 2.74 bits per heavy atom. The minimum atomic E-state index is -0.0520. The molecule has 2 amide bonds. The van der Waals surface area contributed by atoms with Crippen LogP contribution in [0.1, 0.15) is 42.8 Å². The maximum atomic E-state index is 12.3. The number of thiazole rings is 1. The third-order valence-corrected chi connectivity index (χ3v) is 5.72. The minimum Gasteiger partial charge on any atom is -0.337 e. The predicted molar refractivity (Wildman–Crippen MR) is 109 cm³/mol. The SMILES string of the molecule is CC(C)CC(=O)N1CCc2nc(NC(=O)CCc3ccc(Cl)cc3)sc2C1. The summed E-state index contributed by atoms with van der Waals surface area (Å²) in [7, 11) is 0. The summed E-state index contributed by atoms with van der Waals surface area (Å²) in [6.45, 7) is 5.40. The van der Waals surface area contributed by atoms with Crippen LogP contribution >= 0.6 is 22.9 Å². The fourth-order valence-electron chi connectivity index (χ4n) is 3.03. The summed E-state index contributed by atoms with van der Waals surface area (Å²) in [5.74, 6) is 0.497. The quantitative estimate of drug-likeness (QED) is 0.779. The molecule has 1 aromatic carbocycles. The van der Waals surface area contributed by atoms with Gasteiger partial charge in [-0.2, -0.15) is 0 Å². The Kier molecular flexibility index (Phi) is 6.50. The molecule has 0 fully saturated rings. The van der Waals surface area contributed by atoms with E-state index < -0.39 is 0 Å². The molecule has 7 heteroatoms. The van der Waals surface area contributed by atoms with Gasteiger partial charge in [0.1, 0.15) is 0 Å². The predicted octanol–water partition coefficient (Wildman–Crippen LogP) is 4.30. The second-order valence-electron chi connectivity index (χ2n) is 7.23. The minimum absolute atomic E-state index is 0.0520. The van der Waals surface area contributed by atoms with Crippen LogP contribution in [0.15, 0.2) is 24.3 Å². The third-order valence-electron chi connectivity index (χ3n) is 4.47. The number of hydrogen-bond acceptors (Lipinski definition) is 4. The molecule has 0 spiro atoms. The van der Waals surface area contributed by atoms with Crippen molar-refractivity contribution in [2.75, 3.05) is 11.9 Å². The van der Waals surface area contributed by atoms with Gasteiger partial charge in [0.05, 0.1) is 12.2 Å². The number of aromatic nitrogens is 1. The standard InChI is InChI=1S/C20H24ClN3O2S/c1-13(2)11-19(26)24-10-9-16-17(12-24)27-20(22-16)23-18(25)8-5-14-3-6-15(21)7-4-14/h3-4,6-7,13H,5,8-12H2,1-2H3,(H,22,23,25). The lowest BCUT2D eigenvalue weighted by molar-refractivity contribution is -0.132. The Hall–Kier alpha value is -1.92. The molecule has 0 radical (unpaired) electrons. The first-order chi connectivity index (χ1) is 12.9. The maximum Gasteiger partial charge on any atom is 0.226 e. The molecule has 2 aromatic rings. The van der Waals surface area contributed by atoms with Crippen molar-refractivity contribution < 1.29 is 9.59 Å². The van der Waals surface area contributed by atoms with E-state index in [4.69, 9.17) is 11.6 Å². The highest BCUT2D eigenvalue weighted by Gasteiger charge is 2.24. The fraction of sp³-hybridized carbons (Fsp3) is 0.450. The van der Waals surface area contributed by atoms with Crippen LogP contribution < -0.4 is 5.32 Å². The average molecular weight is 406 g/mol. The zero-order valence-corrected chi connectivity index (χ0v) is 17.2. The molecule has 144 valence electrons. The number of hydrogen-bond donors (Lipinski definition) is 1. The van der Waals surface area contributed by atoms with Gasteiger partial charge in [-0.1, -0.05) is 48.9 Å². The van der Waals surface area contributed by atoms with Gasteiger partial charge in [-0.05, 0) is 30.0 Å². The fourth-order valence-corrected chi connectivity index (χ4v) is 4.20. The highest BCUT2D eigenvalue weighted by molar-refractivity contribution is 7.15. The molecule has 3 rings (SSSR count). The van der Waals surface area contributed by atoms with Crippen LogP contribution in [0, 0.1) is 5.92 Å².